The van der Waals surface area contributed by atoms with E-state index in [9.17, 15) is 0 Å². The van der Waals surface area contributed by atoms with Gasteiger partial charge < -0.3 is 18.6 Å². The van der Waals surface area contributed by atoms with Crippen molar-refractivity contribution in [1.82, 2.24) is 0 Å². The van der Waals surface area contributed by atoms with Crippen molar-refractivity contribution in [3.05, 3.63) is 40.3 Å². The zero-order chi connectivity index (χ0) is 14.7. The van der Waals surface area contributed by atoms with Gasteiger partial charge in [-0.3, -0.25) is 0 Å². The van der Waals surface area contributed by atoms with Gasteiger partial charge in [-0.15, -0.1) is 11.6 Å². The largest absolute Gasteiger partial charge is 0.493 e. The number of rotatable bonds is 5. The van der Waals surface area contributed by atoms with E-state index in [1.807, 2.05) is 6.07 Å². The topological polar surface area (TPSA) is 40.8 Å². The first-order chi connectivity index (χ1) is 9.62. The highest BCUT2D eigenvalue weighted by Crippen LogP contribution is 2.45. The molecule has 1 heterocycles. The molecule has 4 nitrogen and oxygen atoms in total. The summed E-state index contributed by atoms with van der Waals surface area (Å²) in [6, 6.07) is 7.20. The third-order valence-corrected chi connectivity index (χ3v) is 3.73. The van der Waals surface area contributed by atoms with Crippen LogP contribution in [0.3, 0.4) is 0 Å². The first-order valence-corrected chi connectivity index (χ1v) is 7.03. The minimum Gasteiger partial charge on any atom is -0.493 e. The quantitative estimate of drug-likeness (QED) is 0.740. The van der Waals surface area contributed by atoms with Crippen LogP contribution in [-0.4, -0.2) is 21.3 Å². The van der Waals surface area contributed by atoms with Crippen LogP contribution < -0.4 is 14.2 Å². The predicted octanol–water partition coefficient (Wildman–Crippen LogP) is 4.40. The fraction of sp³-hybridized carbons (Fsp3) is 0.286. The van der Waals surface area contributed by atoms with Crippen molar-refractivity contribution in [2.24, 2.45) is 0 Å². The first-order valence-electron chi connectivity index (χ1n) is 5.80. The lowest BCUT2D eigenvalue weighted by atomic mass is 10.1. The molecule has 0 radical (unpaired) electrons. The van der Waals surface area contributed by atoms with E-state index in [2.05, 4.69) is 15.9 Å². The predicted molar refractivity (Wildman–Crippen MR) is 80.2 cm³/mol. The smallest absolute Gasteiger partial charge is 0.203 e. The Bertz CT molecular complexity index is 597. The SMILES string of the molecule is COc1ccc(C(Cl)c2ccc(Br)o2)c(OC)c1OC. The van der Waals surface area contributed by atoms with E-state index in [-0.39, 0.29) is 0 Å². The Morgan fingerprint density at radius 3 is 2.20 bits per heavy atom. The molecule has 0 saturated heterocycles. The summed E-state index contributed by atoms with van der Waals surface area (Å²) < 4.78 is 22.1. The summed E-state index contributed by atoms with van der Waals surface area (Å²) in [6.07, 6.45) is 0. The Balaban J connectivity index is 2.51. The molecular formula is C14H14BrClO4. The average molecular weight is 362 g/mol. The molecule has 20 heavy (non-hydrogen) atoms. The second-order valence-corrected chi connectivity index (χ2v) is 5.15. The van der Waals surface area contributed by atoms with E-state index in [4.69, 9.17) is 30.2 Å². The number of hydrogen-bond acceptors (Lipinski definition) is 4. The van der Waals surface area contributed by atoms with Gasteiger partial charge in [-0.05, 0) is 40.2 Å². The molecule has 0 amide bonds. The Kier molecular flexibility index (Phi) is 4.83. The Morgan fingerprint density at radius 2 is 1.70 bits per heavy atom. The van der Waals surface area contributed by atoms with Crippen LogP contribution in [0, 0.1) is 0 Å². The van der Waals surface area contributed by atoms with Gasteiger partial charge in [0.1, 0.15) is 11.1 Å². The van der Waals surface area contributed by atoms with Crippen molar-refractivity contribution < 1.29 is 18.6 Å². The number of alkyl halides is 1. The van der Waals surface area contributed by atoms with Crippen molar-refractivity contribution in [3.63, 3.8) is 0 Å². The molecule has 108 valence electrons. The van der Waals surface area contributed by atoms with Crippen molar-refractivity contribution in [1.29, 1.82) is 0 Å². The van der Waals surface area contributed by atoms with Gasteiger partial charge in [0.05, 0.1) is 21.3 Å². The van der Waals surface area contributed by atoms with E-state index >= 15 is 0 Å². The highest BCUT2D eigenvalue weighted by molar-refractivity contribution is 9.10. The lowest BCUT2D eigenvalue weighted by Crippen LogP contribution is -2.01. The number of halogens is 2. The van der Waals surface area contributed by atoms with Gasteiger partial charge in [0.15, 0.2) is 16.2 Å². The zero-order valence-corrected chi connectivity index (χ0v) is 13.6. The minimum absolute atomic E-state index is 0.490. The average Bonchev–Trinajstić information content (AvgIpc) is 2.91. The third kappa shape index (κ3) is 2.74. The molecule has 0 N–H and O–H groups in total. The lowest BCUT2D eigenvalue weighted by molar-refractivity contribution is 0.322. The monoisotopic (exact) mass is 360 g/mol. The fourth-order valence-corrected chi connectivity index (χ4v) is 2.55. The van der Waals surface area contributed by atoms with Gasteiger partial charge in [0, 0.05) is 5.56 Å². The zero-order valence-electron chi connectivity index (χ0n) is 11.3. The van der Waals surface area contributed by atoms with Crippen LogP contribution in [-0.2, 0) is 0 Å². The second kappa shape index (κ2) is 6.41. The molecule has 0 fully saturated rings. The molecule has 2 rings (SSSR count). The summed E-state index contributed by atoms with van der Waals surface area (Å²) in [5, 5.41) is -0.490. The van der Waals surface area contributed by atoms with E-state index < -0.39 is 5.38 Å². The molecule has 0 bridgehead atoms. The van der Waals surface area contributed by atoms with Gasteiger partial charge in [-0.25, -0.2) is 0 Å². The maximum atomic E-state index is 6.46. The van der Waals surface area contributed by atoms with E-state index in [1.54, 1.807) is 39.5 Å². The van der Waals surface area contributed by atoms with Gasteiger partial charge in [-0.2, -0.15) is 0 Å². The Hall–Kier alpha value is -1.33. The van der Waals surface area contributed by atoms with Crippen LogP contribution in [0.15, 0.2) is 33.4 Å². The van der Waals surface area contributed by atoms with Crippen molar-refractivity contribution >= 4 is 27.5 Å². The Morgan fingerprint density at radius 1 is 1.00 bits per heavy atom. The number of methoxy groups -OCH3 is 3. The van der Waals surface area contributed by atoms with Gasteiger partial charge in [0.2, 0.25) is 5.75 Å². The minimum atomic E-state index is -0.490. The summed E-state index contributed by atoms with van der Waals surface area (Å²) in [7, 11) is 4.68. The third-order valence-electron chi connectivity index (χ3n) is 2.85. The molecule has 1 aromatic heterocycles. The molecule has 0 saturated carbocycles. The highest BCUT2D eigenvalue weighted by atomic mass is 79.9. The van der Waals surface area contributed by atoms with Crippen molar-refractivity contribution in [2.45, 2.75) is 5.38 Å². The second-order valence-electron chi connectivity index (χ2n) is 3.93. The molecule has 1 unspecified atom stereocenters. The van der Waals surface area contributed by atoms with Gasteiger partial charge in [0.25, 0.3) is 0 Å². The Labute approximate surface area is 130 Å². The van der Waals surface area contributed by atoms with Crippen LogP contribution in [0.4, 0.5) is 0 Å². The summed E-state index contributed by atoms with van der Waals surface area (Å²) in [4.78, 5) is 0. The van der Waals surface area contributed by atoms with E-state index in [1.165, 1.54) is 0 Å². The molecule has 6 heteroatoms. The van der Waals surface area contributed by atoms with Gasteiger partial charge >= 0.3 is 0 Å². The number of ether oxygens (including phenoxy) is 3. The van der Waals surface area contributed by atoms with Gasteiger partial charge in [-0.1, -0.05) is 0 Å². The first kappa shape index (κ1) is 15.1. The summed E-state index contributed by atoms with van der Waals surface area (Å²) in [5.41, 5.74) is 0.744. The standard InChI is InChI=1S/C14H14BrClO4/c1-17-10-5-4-8(13(18-2)14(10)19-3)12(16)9-6-7-11(15)20-9/h4-7,12H,1-3H3. The molecule has 1 aromatic carbocycles. The molecule has 0 spiro atoms. The normalized spacial score (nSPS) is 12.1. The lowest BCUT2D eigenvalue weighted by Gasteiger charge is -2.17. The number of benzene rings is 1. The van der Waals surface area contributed by atoms with Crippen LogP contribution in [0.25, 0.3) is 0 Å². The number of hydrogen-bond donors (Lipinski definition) is 0. The summed E-state index contributed by atoms with van der Waals surface area (Å²) in [5.74, 6) is 2.23. The molecule has 0 aliphatic heterocycles. The summed E-state index contributed by atoms with van der Waals surface area (Å²) >= 11 is 9.72. The fourth-order valence-electron chi connectivity index (χ4n) is 1.94. The molecule has 1 atom stereocenters. The maximum absolute atomic E-state index is 6.46. The van der Waals surface area contributed by atoms with Crippen LogP contribution in [0.5, 0.6) is 17.2 Å². The van der Waals surface area contributed by atoms with Crippen molar-refractivity contribution in [2.75, 3.05) is 21.3 Å². The van der Waals surface area contributed by atoms with Crippen LogP contribution in [0.1, 0.15) is 16.7 Å². The maximum Gasteiger partial charge on any atom is 0.203 e. The van der Waals surface area contributed by atoms with Crippen molar-refractivity contribution in [3.8, 4) is 17.2 Å². The van der Waals surface area contributed by atoms with E-state index in [0.29, 0.717) is 27.7 Å². The highest BCUT2D eigenvalue weighted by Gasteiger charge is 2.24. The summed E-state index contributed by atoms with van der Waals surface area (Å²) in [6.45, 7) is 0. The molecular weight excluding hydrogens is 348 g/mol. The van der Waals surface area contributed by atoms with E-state index in [0.717, 1.165) is 5.56 Å². The molecule has 0 aliphatic rings. The van der Waals surface area contributed by atoms with Crippen LogP contribution >= 0.6 is 27.5 Å². The van der Waals surface area contributed by atoms with Crippen LogP contribution in [0.2, 0.25) is 0 Å². The molecule has 0 aliphatic carbocycles. The molecule has 2 aromatic rings. The number of furan rings is 1.